The van der Waals surface area contributed by atoms with Crippen molar-refractivity contribution in [2.45, 2.75) is 5.92 Å². The largest absolute Gasteiger partial charge is 0.444 e. The van der Waals surface area contributed by atoms with Gasteiger partial charge >= 0.3 is 0 Å². The van der Waals surface area contributed by atoms with E-state index in [0.29, 0.717) is 4.67 Å². The molecule has 0 radical (unpaired) electrons. The number of carbonyl (C=O) groups is 1. The molecule has 0 aliphatic carbocycles. The first kappa shape index (κ1) is 9.64. The highest BCUT2D eigenvalue weighted by Gasteiger charge is 2.46. The molecule has 1 aromatic rings. The number of hydrogen-bond acceptors (Lipinski definition) is 2. The van der Waals surface area contributed by atoms with Crippen LogP contribution in [-0.4, -0.2) is 29.8 Å². The molecule has 2 rings (SSSR count). The molecule has 2 heterocycles. The first-order chi connectivity index (χ1) is 6.48. The van der Waals surface area contributed by atoms with Gasteiger partial charge in [0.1, 0.15) is 0 Å². The highest BCUT2D eigenvalue weighted by atomic mass is 79.9. The van der Waals surface area contributed by atoms with Gasteiger partial charge in [-0.05, 0) is 28.1 Å². The molecule has 0 spiro atoms. The van der Waals surface area contributed by atoms with Gasteiger partial charge in [-0.1, -0.05) is 0 Å². The van der Waals surface area contributed by atoms with E-state index >= 15 is 0 Å². The molecular weight excluding hydrogens is 260 g/mol. The molecule has 1 fully saturated rings. The molecule has 1 amide bonds. The van der Waals surface area contributed by atoms with Crippen molar-refractivity contribution in [3.05, 3.63) is 22.6 Å². The van der Waals surface area contributed by atoms with Crippen LogP contribution in [0.2, 0.25) is 0 Å². The average Bonchev–Trinajstić information content (AvgIpc) is 2.46. The zero-order chi connectivity index (χ0) is 10.3. The molecule has 6 heteroatoms. The van der Waals surface area contributed by atoms with Crippen LogP contribution in [-0.2, 0) is 0 Å². The Morgan fingerprint density at radius 3 is 2.57 bits per heavy atom. The van der Waals surface area contributed by atoms with Crippen LogP contribution in [0.15, 0.2) is 21.2 Å². The third-order valence-electron chi connectivity index (χ3n) is 1.92. The van der Waals surface area contributed by atoms with Gasteiger partial charge in [0.25, 0.3) is 11.8 Å². The first-order valence-electron chi connectivity index (χ1n) is 3.90. The molecule has 0 atom stereocenters. The Morgan fingerprint density at radius 2 is 2.14 bits per heavy atom. The van der Waals surface area contributed by atoms with E-state index < -0.39 is 24.9 Å². The minimum Gasteiger partial charge on any atom is -0.444 e. The summed E-state index contributed by atoms with van der Waals surface area (Å²) in [5, 5.41) is 0. The van der Waals surface area contributed by atoms with E-state index in [1.54, 1.807) is 6.07 Å². The first-order valence-corrected chi connectivity index (χ1v) is 4.70. The molecule has 1 aliphatic heterocycles. The van der Waals surface area contributed by atoms with Crippen molar-refractivity contribution in [3.63, 3.8) is 0 Å². The summed E-state index contributed by atoms with van der Waals surface area (Å²) in [7, 11) is 0. The van der Waals surface area contributed by atoms with Crippen molar-refractivity contribution >= 4 is 21.8 Å². The second-order valence-electron chi connectivity index (χ2n) is 3.12. The number of halogens is 3. The molecule has 1 aliphatic rings. The monoisotopic (exact) mass is 265 g/mol. The Balaban J connectivity index is 2.04. The average molecular weight is 266 g/mol. The minimum atomic E-state index is -2.74. The lowest BCUT2D eigenvalue weighted by molar-refractivity contribution is -0.113. The highest BCUT2D eigenvalue weighted by Crippen LogP contribution is 2.28. The van der Waals surface area contributed by atoms with Gasteiger partial charge in [0.2, 0.25) is 0 Å². The molecule has 3 nitrogen and oxygen atoms in total. The number of amides is 1. The van der Waals surface area contributed by atoms with Gasteiger partial charge in [0.15, 0.2) is 10.4 Å². The number of rotatable bonds is 1. The molecule has 76 valence electrons. The molecular formula is C8H6BrF2NO2. The van der Waals surface area contributed by atoms with Crippen molar-refractivity contribution in [1.29, 1.82) is 0 Å². The van der Waals surface area contributed by atoms with Crippen molar-refractivity contribution in [2.24, 2.45) is 0 Å². The van der Waals surface area contributed by atoms with Gasteiger partial charge in [0, 0.05) is 0 Å². The molecule has 0 N–H and O–H groups in total. The van der Waals surface area contributed by atoms with Gasteiger partial charge in [-0.2, -0.15) is 0 Å². The van der Waals surface area contributed by atoms with Gasteiger partial charge in [0.05, 0.1) is 13.1 Å². The molecule has 0 saturated carbocycles. The summed E-state index contributed by atoms with van der Waals surface area (Å²) in [6, 6.07) is 2.99. The zero-order valence-corrected chi connectivity index (χ0v) is 8.55. The zero-order valence-electron chi connectivity index (χ0n) is 6.97. The summed E-state index contributed by atoms with van der Waals surface area (Å²) < 4.78 is 30.2. The standard InChI is InChI=1S/C8H6BrF2NO2/c9-6-2-1-5(14-6)7(13)12-3-8(10,11)4-12/h1-2H,3-4H2. The number of nitrogens with zero attached hydrogens (tertiary/aromatic N) is 1. The molecule has 0 aromatic carbocycles. The van der Waals surface area contributed by atoms with Gasteiger partial charge in [-0.25, -0.2) is 8.78 Å². The molecule has 1 aromatic heterocycles. The lowest BCUT2D eigenvalue weighted by Gasteiger charge is -2.37. The summed E-state index contributed by atoms with van der Waals surface area (Å²) in [5.74, 6) is -3.16. The topological polar surface area (TPSA) is 33.5 Å². The summed E-state index contributed by atoms with van der Waals surface area (Å²) in [6.07, 6.45) is 0. The Hall–Kier alpha value is -0.910. The molecule has 0 unspecified atom stereocenters. The number of alkyl halides is 2. The van der Waals surface area contributed by atoms with Crippen LogP contribution in [0.5, 0.6) is 0 Å². The Labute approximate surface area is 86.8 Å². The lowest BCUT2D eigenvalue weighted by Crippen LogP contribution is -2.58. The van der Waals surface area contributed by atoms with Crippen LogP contribution in [0, 0.1) is 0 Å². The fraction of sp³-hybridized carbons (Fsp3) is 0.375. The number of carbonyl (C=O) groups excluding carboxylic acids is 1. The van der Waals surface area contributed by atoms with Crippen LogP contribution in [0.3, 0.4) is 0 Å². The second kappa shape index (κ2) is 3.05. The summed E-state index contributed by atoms with van der Waals surface area (Å²) >= 11 is 3.03. The van der Waals surface area contributed by atoms with E-state index in [9.17, 15) is 13.6 Å². The van der Waals surface area contributed by atoms with Gasteiger partial charge in [-0.3, -0.25) is 4.79 Å². The van der Waals surface area contributed by atoms with E-state index in [4.69, 9.17) is 4.42 Å². The predicted octanol–water partition coefficient (Wildman–Crippen LogP) is 2.13. The maximum Gasteiger partial charge on any atom is 0.290 e. The fourth-order valence-electron chi connectivity index (χ4n) is 1.24. The van der Waals surface area contributed by atoms with Crippen LogP contribution in [0.1, 0.15) is 10.6 Å². The maximum absolute atomic E-state index is 12.4. The van der Waals surface area contributed by atoms with Gasteiger partial charge in [-0.15, -0.1) is 0 Å². The van der Waals surface area contributed by atoms with Crippen LogP contribution >= 0.6 is 15.9 Å². The smallest absolute Gasteiger partial charge is 0.290 e. The maximum atomic E-state index is 12.4. The minimum absolute atomic E-state index is 0.0763. The van der Waals surface area contributed by atoms with Crippen LogP contribution in [0.4, 0.5) is 8.78 Å². The number of furan rings is 1. The number of hydrogen-bond donors (Lipinski definition) is 0. The van der Waals surface area contributed by atoms with Crippen molar-refractivity contribution in [1.82, 2.24) is 4.90 Å². The summed E-state index contributed by atoms with van der Waals surface area (Å²) in [4.78, 5) is 12.5. The van der Waals surface area contributed by atoms with Crippen molar-refractivity contribution in [2.75, 3.05) is 13.1 Å². The van der Waals surface area contributed by atoms with Crippen molar-refractivity contribution in [3.8, 4) is 0 Å². The quantitative estimate of drug-likeness (QED) is 0.780. The van der Waals surface area contributed by atoms with Crippen LogP contribution in [0.25, 0.3) is 0 Å². The van der Waals surface area contributed by atoms with Gasteiger partial charge < -0.3 is 9.32 Å². The Morgan fingerprint density at radius 1 is 1.50 bits per heavy atom. The molecule has 14 heavy (non-hydrogen) atoms. The third-order valence-corrected chi connectivity index (χ3v) is 2.34. The lowest BCUT2D eigenvalue weighted by atomic mass is 10.1. The van der Waals surface area contributed by atoms with E-state index in [1.165, 1.54) is 6.07 Å². The Bertz CT molecular complexity index is 369. The normalized spacial score (nSPS) is 19.2. The van der Waals surface area contributed by atoms with E-state index in [1.807, 2.05) is 0 Å². The van der Waals surface area contributed by atoms with Crippen LogP contribution < -0.4 is 0 Å². The van der Waals surface area contributed by atoms with E-state index in [2.05, 4.69) is 15.9 Å². The van der Waals surface area contributed by atoms with Crippen molar-refractivity contribution < 1.29 is 18.0 Å². The third kappa shape index (κ3) is 1.66. The highest BCUT2D eigenvalue weighted by molar-refractivity contribution is 9.10. The predicted molar refractivity (Wildman–Crippen MR) is 47.3 cm³/mol. The summed E-state index contributed by atoms with van der Waals surface area (Å²) in [5.41, 5.74) is 0. The summed E-state index contributed by atoms with van der Waals surface area (Å²) in [6.45, 7) is -1.05. The van der Waals surface area contributed by atoms with E-state index in [-0.39, 0.29) is 5.76 Å². The fourth-order valence-corrected chi connectivity index (χ4v) is 1.55. The SMILES string of the molecule is O=C(c1ccc(Br)o1)N1CC(F)(F)C1. The second-order valence-corrected chi connectivity index (χ2v) is 3.90. The van der Waals surface area contributed by atoms with E-state index in [0.717, 1.165) is 4.90 Å². The molecule has 0 bridgehead atoms. The number of likely N-dealkylation sites (tertiary alicyclic amines) is 1. The molecule has 1 saturated heterocycles. The Kier molecular flexibility index (Phi) is 2.10.